The topological polar surface area (TPSA) is 92.2 Å². The van der Waals surface area contributed by atoms with Gasteiger partial charge in [0.1, 0.15) is 10.4 Å². The number of alkyl halides is 3. The third-order valence-corrected chi connectivity index (χ3v) is 3.58. The van der Waals surface area contributed by atoms with Crippen LogP contribution in [0.25, 0.3) is 0 Å². The number of nitrogens with zero attached hydrogens (tertiary/aromatic N) is 1. The van der Waals surface area contributed by atoms with Crippen molar-refractivity contribution >= 4 is 17.3 Å². The van der Waals surface area contributed by atoms with E-state index in [9.17, 15) is 27.6 Å². The Hall–Kier alpha value is -2.36. The van der Waals surface area contributed by atoms with Crippen molar-refractivity contribution < 1.29 is 23.1 Å². The van der Waals surface area contributed by atoms with Crippen LogP contribution < -0.4 is 11.2 Å². The van der Waals surface area contributed by atoms with Gasteiger partial charge in [-0.2, -0.15) is 13.2 Å². The zero-order chi connectivity index (χ0) is 15.8. The number of carboxylic acid groups (broad SMARTS) is 1. The summed E-state index contributed by atoms with van der Waals surface area (Å²) in [5.74, 6) is -1.28. The summed E-state index contributed by atoms with van der Waals surface area (Å²) in [5.41, 5.74) is -4.00. The molecule has 2 heterocycles. The summed E-state index contributed by atoms with van der Waals surface area (Å²) in [5, 5.41) is 10.3. The molecule has 0 saturated heterocycles. The number of aromatic nitrogens is 2. The van der Waals surface area contributed by atoms with E-state index in [2.05, 4.69) is 0 Å². The lowest BCUT2D eigenvalue weighted by Gasteiger charge is -2.09. The van der Waals surface area contributed by atoms with E-state index in [0.717, 1.165) is 11.3 Å². The van der Waals surface area contributed by atoms with Crippen molar-refractivity contribution in [3.05, 3.63) is 54.5 Å². The normalized spacial score (nSPS) is 11.6. The van der Waals surface area contributed by atoms with E-state index < -0.39 is 35.5 Å². The molecule has 0 atom stereocenters. The highest BCUT2D eigenvalue weighted by molar-refractivity contribution is 7.12. The Kier molecular flexibility index (Phi) is 3.73. The first-order valence-corrected chi connectivity index (χ1v) is 6.29. The van der Waals surface area contributed by atoms with E-state index in [1.807, 2.05) is 4.98 Å². The predicted octanol–water partition coefficient (Wildman–Crippen LogP) is 1.36. The quantitative estimate of drug-likeness (QED) is 0.893. The van der Waals surface area contributed by atoms with E-state index in [1.54, 1.807) is 0 Å². The molecule has 0 saturated carbocycles. The van der Waals surface area contributed by atoms with Crippen molar-refractivity contribution in [2.45, 2.75) is 12.7 Å². The van der Waals surface area contributed by atoms with Gasteiger partial charge in [0.05, 0.1) is 6.54 Å². The Morgan fingerprint density at radius 1 is 1.38 bits per heavy atom. The Labute approximate surface area is 118 Å². The highest BCUT2D eigenvalue weighted by Crippen LogP contribution is 2.25. The lowest BCUT2D eigenvalue weighted by atomic mass is 10.2. The van der Waals surface area contributed by atoms with Gasteiger partial charge in [0.2, 0.25) is 0 Å². The molecule has 0 aliphatic carbocycles. The summed E-state index contributed by atoms with van der Waals surface area (Å²) in [6, 6.07) is 1.33. The molecule has 0 bridgehead atoms. The number of carboxylic acids is 1. The van der Waals surface area contributed by atoms with Gasteiger partial charge in [-0.15, -0.1) is 11.3 Å². The second kappa shape index (κ2) is 5.20. The summed E-state index contributed by atoms with van der Waals surface area (Å²) in [6.45, 7) is -0.552. The number of rotatable bonds is 3. The van der Waals surface area contributed by atoms with E-state index in [0.29, 0.717) is 10.8 Å². The fourth-order valence-corrected chi connectivity index (χ4v) is 2.43. The largest absolute Gasteiger partial charge is 0.477 e. The Morgan fingerprint density at radius 2 is 2.05 bits per heavy atom. The zero-order valence-electron chi connectivity index (χ0n) is 10.1. The van der Waals surface area contributed by atoms with Crippen LogP contribution in [-0.4, -0.2) is 20.6 Å². The molecule has 21 heavy (non-hydrogen) atoms. The number of nitrogens with one attached hydrogen (secondary N) is 1. The Balaban J connectivity index is 2.55. The second-order valence-corrected chi connectivity index (χ2v) is 4.89. The van der Waals surface area contributed by atoms with Crippen molar-refractivity contribution in [2.75, 3.05) is 0 Å². The van der Waals surface area contributed by atoms with E-state index >= 15 is 0 Å². The minimum Gasteiger partial charge on any atom is -0.477 e. The zero-order valence-corrected chi connectivity index (χ0v) is 10.9. The first-order chi connectivity index (χ1) is 9.71. The minimum atomic E-state index is -4.91. The molecular weight excluding hydrogens is 313 g/mol. The molecule has 0 aliphatic heterocycles. The lowest BCUT2D eigenvalue weighted by Crippen LogP contribution is -2.39. The van der Waals surface area contributed by atoms with Crippen LogP contribution in [0.1, 0.15) is 20.8 Å². The first kappa shape index (κ1) is 15.0. The third-order valence-electron chi connectivity index (χ3n) is 2.64. The average molecular weight is 320 g/mol. The maximum absolute atomic E-state index is 12.6. The summed E-state index contributed by atoms with van der Waals surface area (Å²) < 4.78 is 38.2. The molecule has 10 heteroatoms. The maximum Gasteiger partial charge on any atom is 0.423 e. The van der Waals surface area contributed by atoms with Crippen LogP contribution in [-0.2, 0) is 12.7 Å². The third kappa shape index (κ3) is 2.89. The highest BCUT2D eigenvalue weighted by Gasteiger charge is 2.35. The van der Waals surface area contributed by atoms with Crippen molar-refractivity contribution in [3.8, 4) is 0 Å². The van der Waals surface area contributed by atoms with Crippen LogP contribution in [0.4, 0.5) is 13.2 Å². The predicted molar refractivity (Wildman–Crippen MR) is 66.7 cm³/mol. The summed E-state index contributed by atoms with van der Waals surface area (Å²) in [6.07, 6.45) is -4.61. The fraction of sp³-hybridized carbons (Fsp3) is 0.182. The van der Waals surface area contributed by atoms with E-state index in [4.69, 9.17) is 5.11 Å². The van der Waals surface area contributed by atoms with Crippen LogP contribution in [0.5, 0.6) is 0 Å². The van der Waals surface area contributed by atoms with Crippen molar-refractivity contribution in [1.29, 1.82) is 0 Å². The van der Waals surface area contributed by atoms with Crippen molar-refractivity contribution in [1.82, 2.24) is 9.55 Å². The van der Waals surface area contributed by atoms with Crippen LogP contribution in [0, 0.1) is 0 Å². The number of aromatic amines is 1. The van der Waals surface area contributed by atoms with Gasteiger partial charge in [0, 0.05) is 6.20 Å². The number of aromatic carboxylic acids is 1. The van der Waals surface area contributed by atoms with Crippen LogP contribution in [0.15, 0.2) is 27.2 Å². The molecule has 2 rings (SSSR count). The SMILES string of the molecule is O=C(O)c1sccc1Cn1c(=O)[nH]cc(C(F)(F)F)c1=O. The highest BCUT2D eigenvalue weighted by atomic mass is 32.1. The van der Waals surface area contributed by atoms with Gasteiger partial charge in [0.25, 0.3) is 5.56 Å². The summed E-state index contributed by atoms with van der Waals surface area (Å²) in [4.78, 5) is 35.9. The smallest absolute Gasteiger partial charge is 0.423 e. The Morgan fingerprint density at radius 3 is 2.62 bits per heavy atom. The molecule has 0 aromatic carbocycles. The lowest BCUT2D eigenvalue weighted by molar-refractivity contribution is -0.139. The molecule has 0 radical (unpaired) electrons. The first-order valence-electron chi connectivity index (χ1n) is 5.41. The second-order valence-electron chi connectivity index (χ2n) is 3.98. The maximum atomic E-state index is 12.6. The van der Waals surface area contributed by atoms with Gasteiger partial charge in [-0.3, -0.25) is 9.36 Å². The van der Waals surface area contributed by atoms with Gasteiger partial charge in [-0.1, -0.05) is 0 Å². The molecule has 2 aromatic heterocycles. The van der Waals surface area contributed by atoms with E-state index in [-0.39, 0.29) is 10.4 Å². The molecule has 0 fully saturated rings. The number of hydrogen-bond donors (Lipinski definition) is 2. The molecular formula is C11H7F3N2O4S. The van der Waals surface area contributed by atoms with Crippen molar-refractivity contribution in [2.24, 2.45) is 0 Å². The van der Waals surface area contributed by atoms with Gasteiger partial charge in [-0.05, 0) is 17.0 Å². The summed E-state index contributed by atoms with van der Waals surface area (Å²) in [7, 11) is 0. The van der Waals surface area contributed by atoms with E-state index in [1.165, 1.54) is 11.4 Å². The van der Waals surface area contributed by atoms with Gasteiger partial charge < -0.3 is 10.1 Å². The van der Waals surface area contributed by atoms with Crippen molar-refractivity contribution in [3.63, 3.8) is 0 Å². The summed E-state index contributed by atoms with van der Waals surface area (Å²) >= 11 is 0.849. The minimum absolute atomic E-state index is 0.0828. The monoisotopic (exact) mass is 320 g/mol. The standard InChI is InChI=1S/C11H7F3N2O4S/c12-11(13,14)6-3-15-10(20)16(8(6)17)4-5-1-2-21-7(5)9(18)19/h1-3H,4H2,(H,15,20)(H,18,19). The molecule has 0 spiro atoms. The number of halogens is 3. The molecule has 2 N–H and O–H groups in total. The molecule has 2 aromatic rings. The van der Waals surface area contributed by atoms with Crippen LogP contribution >= 0.6 is 11.3 Å². The molecule has 0 aliphatic rings. The number of hydrogen-bond acceptors (Lipinski definition) is 4. The fourth-order valence-electron chi connectivity index (χ4n) is 1.68. The van der Waals surface area contributed by atoms with Gasteiger partial charge in [-0.25, -0.2) is 9.59 Å². The number of thiophene rings is 1. The van der Waals surface area contributed by atoms with Gasteiger partial charge >= 0.3 is 17.8 Å². The number of H-pyrrole nitrogens is 1. The number of carbonyl (C=O) groups is 1. The molecule has 0 unspecified atom stereocenters. The average Bonchev–Trinajstić information content (AvgIpc) is 2.80. The molecule has 0 amide bonds. The van der Waals surface area contributed by atoms with Gasteiger partial charge in [0.15, 0.2) is 0 Å². The van der Waals surface area contributed by atoms with Crippen LogP contribution in [0.3, 0.4) is 0 Å². The molecule has 6 nitrogen and oxygen atoms in total. The molecule has 112 valence electrons. The Bertz CT molecular complexity index is 803. The van der Waals surface area contributed by atoms with Crippen LogP contribution in [0.2, 0.25) is 0 Å².